The summed E-state index contributed by atoms with van der Waals surface area (Å²) in [5.41, 5.74) is 1.31. The molecule has 1 aromatic heterocycles. The van der Waals surface area contributed by atoms with E-state index < -0.39 is 24.1 Å². The third-order valence-corrected chi connectivity index (χ3v) is 5.21. The highest BCUT2D eigenvalue weighted by Gasteiger charge is 2.45. The summed E-state index contributed by atoms with van der Waals surface area (Å²) in [4.78, 5) is 20.9. The monoisotopic (exact) mass is 434 g/mol. The van der Waals surface area contributed by atoms with E-state index in [0.29, 0.717) is 22.2 Å². The number of hydrogen-bond acceptors (Lipinski definition) is 6. The first-order valence-corrected chi connectivity index (χ1v) is 9.65. The molecule has 1 saturated heterocycles. The van der Waals surface area contributed by atoms with Crippen molar-refractivity contribution < 1.29 is 27.8 Å². The van der Waals surface area contributed by atoms with Gasteiger partial charge in [-0.2, -0.15) is 18.4 Å². The van der Waals surface area contributed by atoms with Gasteiger partial charge >= 0.3 is 12.1 Å². The molecule has 0 spiro atoms. The van der Waals surface area contributed by atoms with Crippen LogP contribution in [0.4, 0.5) is 18.9 Å². The van der Waals surface area contributed by atoms with Crippen molar-refractivity contribution in [3.05, 3.63) is 36.0 Å². The van der Waals surface area contributed by atoms with Crippen molar-refractivity contribution in [2.45, 2.75) is 31.5 Å². The van der Waals surface area contributed by atoms with Crippen molar-refractivity contribution in [1.82, 2.24) is 4.98 Å². The number of carboxylic acid groups (broad SMARTS) is 1. The van der Waals surface area contributed by atoms with Gasteiger partial charge in [-0.3, -0.25) is 14.8 Å². The van der Waals surface area contributed by atoms with Gasteiger partial charge in [-0.1, -0.05) is 0 Å². The van der Waals surface area contributed by atoms with Crippen molar-refractivity contribution in [3.63, 3.8) is 0 Å². The van der Waals surface area contributed by atoms with Crippen molar-refractivity contribution in [2.24, 2.45) is 10.9 Å². The third kappa shape index (κ3) is 5.23. The van der Waals surface area contributed by atoms with Gasteiger partial charge in [0.2, 0.25) is 0 Å². The van der Waals surface area contributed by atoms with Crippen molar-refractivity contribution in [3.8, 4) is 6.07 Å². The van der Waals surface area contributed by atoms with E-state index >= 15 is 0 Å². The SMILES string of the molecule is CO/C(CCC(=O)O)=N\C1CC(C(F)(F)F)CN(c2ccc(C#N)c3ncccc23)C1. The molecule has 1 aliphatic rings. The van der Waals surface area contributed by atoms with Crippen molar-refractivity contribution in [1.29, 1.82) is 5.26 Å². The minimum Gasteiger partial charge on any atom is -0.484 e. The second kappa shape index (κ2) is 9.20. The predicted molar refractivity (Wildman–Crippen MR) is 108 cm³/mol. The molecule has 0 amide bonds. The minimum atomic E-state index is -4.42. The summed E-state index contributed by atoms with van der Waals surface area (Å²) in [6.45, 7) is -0.0503. The van der Waals surface area contributed by atoms with Crippen molar-refractivity contribution >= 4 is 28.5 Å². The molecule has 3 rings (SSSR count). The van der Waals surface area contributed by atoms with Gasteiger partial charge in [0, 0.05) is 36.8 Å². The van der Waals surface area contributed by atoms with Crippen LogP contribution in [0.25, 0.3) is 10.9 Å². The maximum atomic E-state index is 13.7. The highest BCUT2D eigenvalue weighted by atomic mass is 19.4. The molecular weight excluding hydrogens is 413 g/mol. The van der Waals surface area contributed by atoms with Gasteiger partial charge in [0.05, 0.1) is 36.6 Å². The average Bonchev–Trinajstić information content (AvgIpc) is 2.74. The number of hydrogen-bond donors (Lipinski definition) is 1. The van der Waals surface area contributed by atoms with E-state index in [4.69, 9.17) is 9.84 Å². The Kier molecular flexibility index (Phi) is 6.63. The Labute approximate surface area is 176 Å². The zero-order chi connectivity index (χ0) is 22.6. The number of ether oxygens (including phenoxy) is 1. The number of rotatable bonds is 5. The molecule has 2 atom stereocenters. The molecule has 0 radical (unpaired) electrons. The van der Waals surface area contributed by atoms with E-state index in [2.05, 4.69) is 16.0 Å². The molecule has 31 heavy (non-hydrogen) atoms. The number of piperidine rings is 1. The molecule has 2 heterocycles. The van der Waals surface area contributed by atoms with Crippen LogP contribution in [-0.4, -0.2) is 54.4 Å². The van der Waals surface area contributed by atoms with E-state index in [1.807, 2.05) is 0 Å². The number of carbonyl (C=O) groups is 1. The number of pyridine rings is 1. The molecule has 7 nitrogen and oxygen atoms in total. The molecule has 164 valence electrons. The second-order valence-electron chi connectivity index (χ2n) is 7.30. The van der Waals surface area contributed by atoms with E-state index in [9.17, 15) is 23.2 Å². The van der Waals surface area contributed by atoms with Crippen LogP contribution in [0, 0.1) is 17.2 Å². The fourth-order valence-electron chi connectivity index (χ4n) is 3.76. The Morgan fingerprint density at radius 3 is 2.77 bits per heavy atom. The number of benzene rings is 1. The maximum absolute atomic E-state index is 13.7. The Hall–Kier alpha value is -3.35. The van der Waals surface area contributed by atoms with Gasteiger partial charge in [-0.15, -0.1) is 0 Å². The Balaban J connectivity index is 1.98. The lowest BCUT2D eigenvalue weighted by Crippen LogP contribution is -2.47. The molecule has 2 unspecified atom stereocenters. The molecule has 1 N–H and O–H groups in total. The summed E-state index contributed by atoms with van der Waals surface area (Å²) in [5, 5.41) is 18.8. The minimum absolute atomic E-state index is 0.00271. The molecule has 1 aliphatic heterocycles. The molecule has 0 bridgehead atoms. The third-order valence-electron chi connectivity index (χ3n) is 5.21. The molecule has 0 saturated carbocycles. The number of nitrogens with zero attached hydrogens (tertiary/aromatic N) is 4. The Bertz CT molecular complexity index is 1030. The summed E-state index contributed by atoms with van der Waals surface area (Å²) < 4.78 is 46.1. The van der Waals surface area contributed by atoms with Gasteiger partial charge in [0.15, 0.2) is 5.90 Å². The van der Waals surface area contributed by atoms with Crippen LogP contribution in [0.1, 0.15) is 24.8 Å². The fourth-order valence-corrected chi connectivity index (χ4v) is 3.76. The summed E-state index contributed by atoms with van der Waals surface area (Å²) in [7, 11) is 1.32. The van der Waals surface area contributed by atoms with Gasteiger partial charge < -0.3 is 14.7 Å². The summed E-state index contributed by atoms with van der Waals surface area (Å²) >= 11 is 0. The number of aliphatic carboxylic acids is 1. The smallest absolute Gasteiger partial charge is 0.393 e. The zero-order valence-corrected chi connectivity index (χ0v) is 16.8. The van der Waals surface area contributed by atoms with E-state index in [1.54, 1.807) is 29.2 Å². The lowest BCUT2D eigenvalue weighted by atomic mass is 9.92. The molecule has 2 aromatic rings. The zero-order valence-electron chi connectivity index (χ0n) is 16.8. The summed E-state index contributed by atoms with van der Waals surface area (Å²) in [6, 6.07) is 7.89. The predicted octanol–water partition coefficient (Wildman–Crippen LogP) is 3.77. The molecule has 10 heteroatoms. The normalized spacial score (nSPS) is 19.8. The number of aromatic nitrogens is 1. The first-order chi connectivity index (χ1) is 14.7. The van der Waals surface area contributed by atoms with Crippen LogP contribution >= 0.6 is 0 Å². The van der Waals surface area contributed by atoms with Crippen LogP contribution in [0.5, 0.6) is 0 Å². The lowest BCUT2D eigenvalue weighted by Gasteiger charge is -2.39. The maximum Gasteiger partial charge on any atom is 0.393 e. The molecule has 0 aliphatic carbocycles. The number of aliphatic imine (C=N–C) groups is 1. The Morgan fingerprint density at radius 2 is 2.13 bits per heavy atom. The van der Waals surface area contributed by atoms with E-state index in [0.717, 1.165) is 0 Å². The van der Waals surface area contributed by atoms with E-state index in [1.165, 1.54) is 13.3 Å². The molecule has 1 aromatic carbocycles. The number of anilines is 1. The van der Waals surface area contributed by atoms with Crippen LogP contribution < -0.4 is 4.90 Å². The van der Waals surface area contributed by atoms with Gasteiger partial charge in [-0.05, 0) is 30.7 Å². The number of fused-ring (bicyclic) bond motifs is 1. The lowest BCUT2D eigenvalue weighted by molar-refractivity contribution is -0.177. The highest BCUT2D eigenvalue weighted by Crippen LogP contribution is 2.38. The first kappa shape index (κ1) is 22.3. The van der Waals surface area contributed by atoms with Crippen LogP contribution in [0.3, 0.4) is 0 Å². The number of halogens is 3. The van der Waals surface area contributed by atoms with Crippen molar-refractivity contribution in [2.75, 3.05) is 25.1 Å². The van der Waals surface area contributed by atoms with Crippen LogP contribution in [-0.2, 0) is 9.53 Å². The van der Waals surface area contributed by atoms with Gasteiger partial charge in [0.1, 0.15) is 6.07 Å². The standard InChI is InChI=1S/C21H21F3N4O3/c1-31-18(6-7-19(29)30)27-15-9-14(21(22,23)24)11-28(12-15)17-5-4-13(10-25)20-16(17)3-2-8-26-20/h2-5,8,14-15H,6-7,9,11-12H2,1H3,(H,29,30)/b27-18-. The topological polar surface area (TPSA) is 98.8 Å². The molecule has 1 fully saturated rings. The van der Waals surface area contributed by atoms with Gasteiger partial charge in [-0.25, -0.2) is 0 Å². The summed E-state index contributed by atoms with van der Waals surface area (Å²) in [6.07, 6.45) is -3.32. The first-order valence-electron chi connectivity index (χ1n) is 9.65. The second-order valence-corrected chi connectivity index (χ2v) is 7.30. The Morgan fingerprint density at radius 1 is 1.35 bits per heavy atom. The van der Waals surface area contributed by atoms with Crippen LogP contribution in [0.2, 0.25) is 0 Å². The van der Waals surface area contributed by atoms with Crippen LogP contribution in [0.15, 0.2) is 35.5 Å². The highest BCUT2D eigenvalue weighted by molar-refractivity contribution is 5.95. The number of nitriles is 1. The summed E-state index contributed by atoms with van der Waals surface area (Å²) in [5.74, 6) is -2.55. The molecular formula is C21H21F3N4O3. The quantitative estimate of drug-likeness (QED) is 0.568. The fraction of sp³-hybridized carbons (Fsp3) is 0.429. The number of methoxy groups -OCH3 is 1. The largest absolute Gasteiger partial charge is 0.484 e. The number of carboxylic acids is 1. The van der Waals surface area contributed by atoms with E-state index in [-0.39, 0.29) is 38.2 Å². The average molecular weight is 434 g/mol. The number of alkyl halides is 3. The van der Waals surface area contributed by atoms with Gasteiger partial charge in [0.25, 0.3) is 0 Å².